The van der Waals surface area contributed by atoms with Gasteiger partial charge in [-0.15, -0.1) is 0 Å². The number of anilines is 1. The first-order chi connectivity index (χ1) is 10.7. The van der Waals surface area contributed by atoms with Crippen LogP contribution in [0.5, 0.6) is 5.75 Å². The average molecular weight is 298 g/mol. The molecule has 1 amide bonds. The van der Waals surface area contributed by atoms with Crippen LogP contribution in [0.2, 0.25) is 0 Å². The predicted octanol–water partition coefficient (Wildman–Crippen LogP) is 3.37. The molecule has 0 heterocycles. The van der Waals surface area contributed by atoms with Crippen LogP contribution in [-0.2, 0) is 4.79 Å². The molecule has 0 fully saturated rings. The second-order valence-electron chi connectivity index (χ2n) is 5.07. The van der Waals surface area contributed by atoms with Crippen LogP contribution in [0.3, 0.4) is 0 Å². The van der Waals surface area contributed by atoms with Gasteiger partial charge in [-0.2, -0.15) is 0 Å². The average Bonchev–Trinajstić information content (AvgIpc) is 2.55. The van der Waals surface area contributed by atoms with Crippen LogP contribution in [0.4, 0.5) is 5.69 Å². The topological polar surface area (TPSA) is 50.4 Å². The summed E-state index contributed by atoms with van der Waals surface area (Å²) in [4.78, 5) is 11.9. The van der Waals surface area contributed by atoms with Gasteiger partial charge in [0.2, 0.25) is 5.91 Å². The second-order valence-corrected chi connectivity index (χ2v) is 5.07. The normalized spacial score (nSPS) is 11.7. The molecule has 0 radical (unpaired) electrons. The lowest BCUT2D eigenvalue weighted by molar-refractivity contribution is -0.116. The number of nitrogens with one attached hydrogen (secondary N) is 2. The van der Waals surface area contributed by atoms with E-state index in [1.165, 1.54) is 0 Å². The highest BCUT2D eigenvalue weighted by atomic mass is 16.5. The third kappa shape index (κ3) is 4.60. The fraction of sp³-hybridized carbons (Fsp3) is 0.278. The molecule has 2 rings (SSSR count). The number of carbonyl (C=O) groups excluding carboxylic acids is 1. The van der Waals surface area contributed by atoms with E-state index >= 15 is 0 Å². The van der Waals surface area contributed by atoms with Crippen molar-refractivity contribution in [2.75, 3.05) is 18.9 Å². The van der Waals surface area contributed by atoms with E-state index < -0.39 is 0 Å². The standard InChI is InChI=1S/C18H22N2O2/c1-14(15-8-4-3-5-9-15)22-17-11-7-6-10-16(17)20-18(21)12-13-19-2/h3-11,14,19H,12-13H2,1-2H3,(H,20,21). The van der Waals surface area contributed by atoms with Crippen LogP contribution in [0, 0.1) is 0 Å². The Morgan fingerprint density at radius 2 is 1.77 bits per heavy atom. The largest absolute Gasteiger partial charge is 0.484 e. The minimum atomic E-state index is -0.0865. The molecule has 0 aromatic heterocycles. The first-order valence-electron chi connectivity index (χ1n) is 7.46. The molecule has 0 aliphatic carbocycles. The highest BCUT2D eigenvalue weighted by Crippen LogP contribution is 2.29. The summed E-state index contributed by atoms with van der Waals surface area (Å²) in [5.74, 6) is 0.648. The van der Waals surface area contributed by atoms with Crippen LogP contribution < -0.4 is 15.4 Å². The maximum atomic E-state index is 11.9. The molecule has 2 aromatic carbocycles. The van der Waals surface area contributed by atoms with Crippen LogP contribution in [0.1, 0.15) is 25.0 Å². The molecule has 116 valence electrons. The molecule has 1 atom stereocenters. The van der Waals surface area contributed by atoms with Crippen LogP contribution in [-0.4, -0.2) is 19.5 Å². The molecular weight excluding hydrogens is 276 g/mol. The molecule has 1 unspecified atom stereocenters. The van der Waals surface area contributed by atoms with Crippen molar-refractivity contribution in [3.63, 3.8) is 0 Å². The zero-order chi connectivity index (χ0) is 15.8. The van der Waals surface area contributed by atoms with Crippen molar-refractivity contribution in [2.45, 2.75) is 19.4 Å². The third-order valence-electron chi connectivity index (χ3n) is 3.34. The Morgan fingerprint density at radius 1 is 1.09 bits per heavy atom. The van der Waals surface area contributed by atoms with Gasteiger partial charge in [0.15, 0.2) is 0 Å². The highest BCUT2D eigenvalue weighted by Gasteiger charge is 2.11. The molecule has 2 aromatic rings. The number of hydrogen-bond donors (Lipinski definition) is 2. The third-order valence-corrected chi connectivity index (χ3v) is 3.34. The molecule has 4 nitrogen and oxygen atoms in total. The van der Waals surface area contributed by atoms with Gasteiger partial charge in [-0.1, -0.05) is 42.5 Å². The number of hydrogen-bond acceptors (Lipinski definition) is 3. The van der Waals surface area contributed by atoms with Crippen molar-refractivity contribution in [2.24, 2.45) is 0 Å². The number of carbonyl (C=O) groups is 1. The SMILES string of the molecule is CNCCC(=O)Nc1ccccc1OC(C)c1ccccc1. The zero-order valence-corrected chi connectivity index (χ0v) is 13.0. The van der Waals surface area contributed by atoms with E-state index in [4.69, 9.17) is 4.74 Å². The Bertz CT molecular complexity index is 599. The predicted molar refractivity (Wildman–Crippen MR) is 89.1 cm³/mol. The van der Waals surface area contributed by atoms with E-state index in [1.807, 2.05) is 68.6 Å². The number of para-hydroxylation sites is 2. The summed E-state index contributed by atoms with van der Waals surface area (Å²) in [5, 5.41) is 5.86. The van der Waals surface area contributed by atoms with Gasteiger partial charge in [0.1, 0.15) is 11.9 Å². The summed E-state index contributed by atoms with van der Waals surface area (Å²) >= 11 is 0. The van der Waals surface area contributed by atoms with Crippen LogP contribution in [0.15, 0.2) is 54.6 Å². The smallest absolute Gasteiger partial charge is 0.225 e. The van der Waals surface area contributed by atoms with Crippen molar-refractivity contribution in [3.05, 3.63) is 60.2 Å². The van der Waals surface area contributed by atoms with E-state index in [1.54, 1.807) is 0 Å². The fourth-order valence-electron chi connectivity index (χ4n) is 2.11. The number of ether oxygens (including phenoxy) is 1. The van der Waals surface area contributed by atoms with E-state index in [9.17, 15) is 4.79 Å². The minimum absolute atomic E-state index is 0.0298. The van der Waals surface area contributed by atoms with Gasteiger partial charge in [0, 0.05) is 13.0 Å². The molecule has 0 aliphatic heterocycles. The van der Waals surface area contributed by atoms with E-state index in [0.29, 0.717) is 24.4 Å². The molecule has 0 saturated carbocycles. The van der Waals surface area contributed by atoms with Crippen molar-refractivity contribution < 1.29 is 9.53 Å². The Labute approximate surface area is 131 Å². The quantitative estimate of drug-likeness (QED) is 0.824. The van der Waals surface area contributed by atoms with Gasteiger partial charge in [-0.05, 0) is 31.7 Å². The summed E-state index contributed by atoms with van der Waals surface area (Å²) in [6.07, 6.45) is 0.343. The van der Waals surface area contributed by atoms with Crippen molar-refractivity contribution in [3.8, 4) is 5.75 Å². The maximum absolute atomic E-state index is 11.9. The Hall–Kier alpha value is -2.33. The molecule has 4 heteroatoms. The van der Waals surface area contributed by atoms with Crippen LogP contribution >= 0.6 is 0 Å². The Kier molecular flexibility index (Phi) is 5.98. The van der Waals surface area contributed by atoms with Gasteiger partial charge in [0.05, 0.1) is 5.69 Å². The van der Waals surface area contributed by atoms with E-state index in [2.05, 4.69) is 10.6 Å². The Morgan fingerprint density at radius 3 is 2.50 bits per heavy atom. The molecular formula is C18H22N2O2. The summed E-state index contributed by atoms with van der Waals surface area (Å²) in [5.41, 5.74) is 1.80. The molecule has 22 heavy (non-hydrogen) atoms. The molecule has 0 aliphatic rings. The lowest BCUT2D eigenvalue weighted by Gasteiger charge is -2.18. The zero-order valence-electron chi connectivity index (χ0n) is 13.0. The minimum Gasteiger partial charge on any atom is -0.484 e. The second kappa shape index (κ2) is 8.20. The fourth-order valence-corrected chi connectivity index (χ4v) is 2.11. The number of rotatable bonds is 7. The van der Waals surface area contributed by atoms with Crippen molar-refractivity contribution in [1.82, 2.24) is 5.32 Å². The number of benzene rings is 2. The van der Waals surface area contributed by atoms with Crippen molar-refractivity contribution in [1.29, 1.82) is 0 Å². The monoisotopic (exact) mass is 298 g/mol. The van der Waals surface area contributed by atoms with Gasteiger partial charge >= 0.3 is 0 Å². The summed E-state index contributed by atoms with van der Waals surface area (Å²) in [6.45, 7) is 2.64. The molecule has 0 bridgehead atoms. The van der Waals surface area contributed by atoms with Gasteiger partial charge in [-0.3, -0.25) is 4.79 Å². The lowest BCUT2D eigenvalue weighted by Crippen LogP contribution is -2.19. The molecule has 0 spiro atoms. The van der Waals surface area contributed by atoms with Crippen LogP contribution in [0.25, 0.3) is 0 Å². The first-order valence-corrected chi connectivity index (χ1v) is 7.46. The lowest BCUT2D eigenvalue weighted by atomic mass is 10.1. The Balaban J connectivity index is 2.06. The van der Waals surface area contributed by atoms with Gasteiger partial charge < -0.3 is 15.4 Å². The van der Waals surface area contributed by atoms with Crippen molar-refractivity contribution >= 4 is 11.6 Å². The summed E-state index contributed by atoms with van der Waals surface area (Å²) in [7, 11) is 1.83. The highest BCUT2D eigenvalue weighted by molar-refractivity contribution is 5.92. The van der Waals surface area contributed by atoms with E-state index in [-0.39, 0.29) is 12.0 Å². The van der Waals surface area contributed by atoms with Gasteiger partial charge in [0.25, 0.3) is 0 Å². The number of amides is 1. The summed E-state index contributed by atoms with van der Waals surface area (Å²) in [6, 6.07) is 17.5. The van der Waals surface area contributed by atoms with E-state index in [0.717, 1.165) is 5.56 Å². The molecule has 2 N–H and O–H groups in total. The first kappa shape index (κ1) is 16.0. The summed E-state index contributed by atoms with van der Waals surface area (Å²) < 4.78 is 6.01. The maximum Gasteiger partial charge on any atom is 0.225 e. The molecule has 0 saturated heterocycles. The van der Waals surface area contributed by atoms with Gasteiger partial charge in [-0.25, -0.2) is 0 Å².